The molecule has 3 rings (SSSR count). The molecule has 0 aliphatic carbocycles. The Balaban J connectivity index is 2.04. The first kappa shape index (κ1) is 11.9. The molecule has 0 unspecified atom stereocenters. The first-order valence-corrected chi connectivity index (χ1v) is 5.91. The fourth-order valence-electron chi connectivity index (χ4n) is 1.76. The number of rotatable bonds is 2. The van der Waals surface area contributed by atoms with Gasteiger partial charge >= 0.3 is 0 Å². The van der Waals surface area contributed by atoms with Gasteiger partial charge in [0.25, 0.3) is 0 Å². The lowest BCUT2D eigenvalue weighted by Gasteiger charge is -2.07. The highest BCUT2D eigenvalue weighted by atomic mass is 35.5. The van der Waals surface area contributed by atoms with Crippen LogP contribution < -0.4 is 5.32 Å². The number of H-pyrrole nitrogens is 1. The molecule has 96 valence electrons. The predicted octanol–water partition coefficient (Wildman–Crippen LogP) is 3.20. The van der Waals surface area contributed by atoms with Crippen molar-refractivity contribution in [1.29, 1.82) is 0 Å². The number of nitrogens with zero attached hydrogens (tertiary/aromatic N) is 3. The Morgan fingerprint density at radius 1 is 1.32 bits per heavy atom. The Kier molecular flexibility index (Phi) is 2.79. The lowest BCUT2D eigenvalue weighted by Crippen LogP contribution is -1.97. The first-order chi connectivity index (χ1) is 9.13. The second-order valence-electron chi connectivity index (χ2n) is 4.06. The highest BCUT2D eigenvalue weighted by Gasteiger charge is 2.09. The van der Waals surface area contributed by atoms with E-state index in [1.54, 1.807) is 25.3 Å². The summed E-state index contributed by atoms with van der Waals surface area (Å²) >= 11 is 5.83. The fourth-order valence-corrected chi connectivity index (χ4v) is 1.93. The van der Waals surface area contributed by atoms with Crippen molar-refractivity contribution >= 4 is 34.1 Å². The predicted molar refractivity (Wildman–Crippen MR) is 71.1 cm³/mol. The number of aryl methyl sites for hydroxylation is 1. The molecule has 1 aromatic carbocycles. The molecule has 0 amide bonds. The second kappa shape index (κ2) is 4.47. The molecular formula is C12H9ClFN5. The maximum absolute atomic E-state index is 13.2. The van der Waals surface area contributed by atoms with Gasteiger partial charge in [-0.15, -0.1) is 0 Å². The van der Waals surface area contributed by atoms with Crippen molar-refractivity contribution in [2.45, 2.75) is 6.92 Å². The quantitative estimate of drug-likeness (QED) is 0.706. The van der Waals surface area contributed by atoms with E-state index in [1.807, 2.05) is 0 Å². The van der Waals surface area contributed by atoms with Gasteiger partial charge in [0.05, 0.1) is 11.6 Å². The maximum atomic E-state index is 13.2. The second-order valence-corrected chi connectivity index (χ2v) is 4.40. The third-order valence-electron chi connectivity index (χ3n) is 2.70. The van der Waals surface area contributed by atoms with Crippen LogP contribution in [0.25, 0.3) is 11.0 Å². The maximum Gasteiger partial charge on any atom is 0.226 e. The molecule has 0 aliphatic heterocycles. The van der Waals surface area contributed by atoms with Gasteiger partial charge in [0.15, 0.2) is 5.65 Å². The molecule has 0 aliphatic rings. The minimum Gasteiger partial charge on any atom is -0.339 e. The molecule has 0 saturated heterocycles. The van der Waals surface area contributed by atoms with E-state index in [2.05, 4.69) is 25.5 Å². The van der Waals surface area contributed by atoms with Crippen molar-refractivity contribution in [2.75, 3.05) is 5.32 Å². The highest BCUT2D eigenvalue weighted by molar-refractivity contribution is 6.28. The molecule has 2 aromatic heterocycles. The summed E-state index contributed by atoms with van der Waals surface area (Å²) in [6, 6.07) is 4.72. The van der Waals surface area contributed by atoms with Gasteiger partial charge in [0, 0.05) is 5.69 Å². The molecular weight excluding hydrogens is 269 g/mol. The SMILES string of the molecule is Cc1cc(Nc2nc(Cl)nc3[nH]ncc23)ccc1F. The zero-order chi connectivity index (χ0) is 13.4. The fraction of sp³-hybridized carbons (Fsp3) is 0.0833. The summed E-state index contributed by atoms with van der Waals surface area (Å²) in [5, 5.41) is 10.5. The van der Waals surface area contributed by atoms with E-state index >= 15 is 0 Å². The van der Waals surface area contributed by atoms with Crippen LogP contribution >= 0.6 is 11.6 Å². The van der Waals surface area contributed by atoms with Crippen molar-refractivity contribution in [1.82, 2.24) is 20.2 Å². The zero-order valence-corrected chi connectivity index (χ0v) is 10.7. The van der Waals surface area contributed by atoms with Gasteiger partial charge in [-0.05, 0) is 42.3 Å². The van der Waals surface area contributed by atoms with Gasteiger partial charge in [-0.3, -0.25) is 5.10 Å². The molecule has 2 N–H and O–H groups in total. The summed E-state index contributed by atoms with van der Waals surface area (Å²) in [5.41, 5.74) is 1.81. The minimum atomic E-state index is -0.250. The van der Waals surface area contributed by atoms with Crippen LogP contribution in [0.1, 0.15) is 5.56 Å². The van der Waals surface area contributed by atoms with E-state index in [9.17, 15) is 4.39 Å². The molecule has 0 spiro atoms. The standard InChI is InChI=1S/C12H9ClFN5/c1-6-4-7(2-3-9(6)14)16-10-8-5-15-19-11(8)18-12(13)17-10/h2-5H,1H3,(H2,15,16,17,18,19). The number of anilines is 2. The number of nitrogens with one attached hydrogen (secondary N) is 2. The summed E-state index contributed by atoms with van der Waals surface area (Å²) in [4.78, 5) is 8.12. The molecule has 0 saturated carbocycles. The minimum absolute atomic E-state index is 0.109. The van der Waals surface area contributed by atoms with E-state index in [0.717, 1.165) is 5.69 Å². The molecule has 2 heterocycles. The van der Waals surface area contributed by atoms with Crippen molar-refractivity contribution in [3.05, 3.63) is 41.1 Å². The third kappa shape index (κ3) is 2.22. The van der Waals surface area contributed by atoms with Crippen LogP contribution in [-0.4, -0.2) is 20.2 Å². The summed E-state index contributed by atoms with van der Waals surface area (Å²) < 4.78 is 13.2. The number of fused-ring (bicyclic) bond motifs is 1. The smallest absolute Gasteiger partial charge is 0.226 e. The highest BCUT2D eigenvalue weighted by Crippen LogP contribution is 2.24. The monoisotopic (exact) mass is 277 g/mol. The zero-order valence-electron chi connectivity index (χ0n) is 9.91. The Labute approximate surface area is 112 Å². The van der Waals surface area contributed by atoms with Gasteiger partial charge in [-0.2, -0.15) is 15.1 Å². The molecule has 3 aromatic rings. The van der Waals surface area contributed by atoms with E-state index in [-0.39, 0.29) is 11.1 Å². The number of aromatic nitrogens is 4. The van der Waals surface area contributed by atoms with Gasteiger partial charge in [-0.25, -0.2) is 4.39 Å². The van der Waals surface area contributed by atoms with Gasteiger partial charge in [0.1, 0.15) is 11.6 Å². The van der Waals surface area contributed by atoms with Gasteiger partial charge < -0.3 is 5.32 Å². The van der Waals surface area contributed by atoms with E-state index < -0.39 is 0 Å². The topological polar surface area (TPSA) is 66.5 Å². The average Bonchev–Trinajstić information content (AvgIpc) is 2.82. The van der Waals surface area contributed by atoms with E-state index in [4.69, 9.17) is 11.6 Å². The van der Waals surface area contributed by atoms with Crippen molar-refractivity contribution in [3.8, 4) is 0 Å². The van der Waals surface area contributed by atoms with Gasteiger partial charge in [0.2, 0.25) is 5.28 Å². The molecule has 0 fully saturated rings. The average molecular weight is 278 g/mol. The summed E-state index contributed by atoms with van der Waals surface area (Å²) in [6.45, 7) is 1.70. The van der Waals surface area contributed by atoms with E-state index in [0.29, 0.717) is 22.4 Å². The van der Waals surface area contributed by atoms with Gasteiger partial charge in [-0.1, -0.05) is 0 Å². The van der Waals surface area contributed by atoms with Crippen LogP contribution in [0.15, 0.2) is 24.4 Å². The van der Waals surface area contributed by atoms with Crippen molar-refractivity contribution in [2.24, 2.45) is 0 Å². The molecule has 5 nitrogen and oxygen atoms in total. The Morgan fingerprint density at radius 3 is 2.95 bits per heavy atom. The molecule has 0 atom stereocenters. The number of hydrogen-bond donors (Lipinski definition) is 2. The molecule has 19 heavy (non-hydrogen) atoms. The van der Waals surface area contributed by atoms with E-state index in [1.165, 1.54) is 6.07 Å². The number of hydrogen-bond acceptors (Lipinski definition) is 4. The third-order valence-corrected chi connectivity index (χ3v) is 2.87. The Hall–Kier alpha value is -2.21. The molecule has 7 heteroatoms. The normalized spacial score (nSPS) is 10.9. The van der Waals surface area contributed by atoms with Crippen LogP contribution in [-0.2, 0) is 0 Å². The summed E-state index contributed by atoms with van der Waals surface area (Å²) in [7, 11) is 0. The number of benzene rings is 1. The number of aromatic amines is 1. The van der Waals surface area contributed by atoms with Crippen LogP contribution in [0.3, 0.4) is 0 Å². The lowest BCUT2D eigenvalue weighted by molar-refractivity contribution is 0.619. The lowest BCUT2D eigenvalue weighted by atomic mass is 10.2. The Bertz CT molecular complexity index is 755. The van der Waals surface area contributed by atoms with Crippen LogP contribution in [0, 0.1) is 12.7 Å². The number of halogens is 2. The summed E-state index contributed by atoms with van der Waals surface area (Å²) in [6.07, 6.45) is 1.60. The molecule has 0 bridgehead atoms. The van der Waals surface area contributed by atoms with Crippen LogP contribution in [0.5, 0.6) is 0 Å². The molecule has 0 radical (unpaired) electrons. The van der Waals surface area contributed by atoms with Crippen molar-refractivity contribution in [3.63, 3.8) is 0 Å². The van der Waals surface area contributed by atoms with Crippen molar-refractivity contribution < 1.29 is 4.39 Å². The largest absolute Gasteiger partial charge is 0.339 e. The Morgan fingerprint density at radius 2 is 2.16 bits per heavy atom. The van der Waals surface area contributed by atoms with Crippen LogP contribution in [0.2, 0.25) is 5.28 Å². The summed E-state index contributed by atoms with van der Waals surface area (Å²) in [5.74, 6) is 0.273. The van der Waals surface area contributed by atoms with Crippen LogP contribution in [0.4, 0.5) is 15.9 Å². The first-order valence-electron chi connectivity index (χ1n) is 5.53.